The molecule has 24 heavy (non-hydrogen) atoms. The Kier molecular flexibility index (Phi) is 4.66. The number of phenols is 2. The minimum absolute atomic E-state index is 0.102. The van der Waals surface area contributed by atoms with Crippen LogP contribution in [0.3, 0.4) is 0 Å². The summed E-state index contributed by atoms with van der Waals surface area (Å²) in [6, 6.07) is 11.6. The fourth-order valence-electron chi connectivity index (χ4n) is 1.87. The Morgan fingerprint density at radius 3 is 2.88 bits per heavy atom. The van der Waals surface area contributed by atoms with E-state index in [-0.39, 0.29) is 23.2 Å². The largest absolute Gasteiger partial charge is 0.504 e. The van der Waals surface area contributed by atoms with Gasteiger partial charge in [-0.3, -0.25) is 4.79 Å². The Hall–Kier alpha value is -3.00. The lowest BCUT2D eigenvalue weighted by molar-refractivity contribution is -0.118. The molecule has 0 aliphatic heterocycles. The number of aromatic hydroxyl groups is 2. The molecule has 0 aliphatic rings. The van der Waals surface area contributed by atoms with Crippen LogP contribution in [0.4, 0.5) is 0 Å². The van der Waals surface area contributed by atoms with Gasteiger partial charge in [0.25, 0.3) is 11.1 Å². The number of nitrogens with one attached hydrogen (secondary N) is 1. The van der Waals surface area contributed by atoms with E-state index < -0.39 is 0 Å². The van der Waals surface area contributed by atoms with Gasteiger partial charge in [0.05, 0.1) is 12.0 Å². The van der Waals surface area contributed by atoms with Crippen LogP contribution in [0.1, 0.15) is 5.56 Å². The number of hydrazone groups is 1. The van der Waals surface area contributed by atoms with Crippen molar-refractivity contribution in [1.82, 2.24) is 10.4 Å². The molecule has 122 valence electrons. The molecule has 0 bridgehead atoms. The molecule has 0 radical (unpaired) electrons. The fourth-order valence-corrected chi connectivity index (χ4v) is 2.50. The van der Waals surface area contributed by atoms with Crippen LogP contribution < -0.4 is 5.43 Å². The van der Waals surface area contributed by atoms with Crippen LogP contribution >= 0.6 is 11.8 Å². The third kappa shape index (κ3) is 3.85. The smallest absolute Gasteiger partial charge is 0.257 e. The van der Waals surface area contributed by atoms with Gasteiger partial charge < -0.3 is 14.6 Å². The van der Waals surface area contributed by atoms with Crippen molar-refractivity contribution in [3.63, 3.8) is 0 Å². The normalized spacial score (nSPS) is 11.2. The van der Waals surface area contributed by atoms with E-state index in [9.17, 15) is 15.0 Å². The highest BCUT2D eigenvalue weighted by atomic mass is 32.2. The maximum Gasteiger partial charge on any atom is 0.257 e. The molecule has 1 amide bonds. The number of oxazole rings is 1. The Morgan fingerprint density at radius 1 is 1.25 bits per heavy atom. The number of amides is 1. The SMILES string of the molecule is O=C(CSc1nc2ccccc2o1)N/N=C\c1ccc(O)c(O)c1. The summed E-state index contributed by atoms with van der Waals surface area (Å²) in [7, 11) is 0. The molecule has 2 aromatic carbocycles. The third-order valence-electron chi connectivity index (χ3n) is 3.00. The van der Waals surface area contributed by atoms with Crippen molar-refractivity contribution in [2.24, 2.45) is 5.10 Å². The van der Waals surface area contributed by atoms with Crippen molar-refractivity contribution in [3.05, 3.63) is 48.0 Å². The molecule has 7 nitrogen and oxygen atoms in total. The highest BCUT2D eigenvalue weighted by Gasteiger charge is 2.08. The number of rotatable bonds is 5. The molecule has 0 fully saturated rings. The van der Waals surface area contributed by atoms with Crippen LogP contribution in [-0.2, 0) is 4.79 Å². The first-order valence-electron chi connectivity index (χ1n) is 6.94. The monoisotopic (exact) mass is 343 g/mol. The number of para-hydroxylation sites is 2. The molecule has 0 atom stereocenters. The maximum absolute atomic E-state index is 11.7. The van der Waals surface area contributed by atoms with E-state index in [4.69, 9.17) is 4.42 Å². The summed E-state index contributed by atoms with van der Waals surface area (Å²) in [4.78, 5) is 16.0. The summed E-state index contributed by atoms with van der Waals surface area (Å²) in [6.45, 7) is 0. The van der Waals surface area contributed by atoms with E-state index in [1.807, 2.05) is 24.3 Å². The van der Waals surface area contributed by atoms with Crippen LogP contribution in [0.25, 0.3) is 11.1 Å². The van der Waals surface area contributed by atoms with Crippen molar-refractivity contribution < 1.29 is 19.4 Å². The van der Waals surface area contributed by atoms with Crippen molar-refractivity contribution in [3.8, 4) is 11.5 Å². The van der Waals surface area contributed by atoms with Crippen LogP contribution in [0.2, 0.25) is 0 Å². The fraction of sp³-hybridized carbons (Fsp3) is 0.0625. The van der Waals surface area contributed by atoms with Crippen molar-refractivity contribution in [1.29, 1.82) is 0 Å². The predicted octanol–water partition coefficient (Wildman–Crippen LogP) is 2.48. The second-order valence-electron chi connectivity index (χ2n) is 4.78. The van der Waals surface area contributed by atoms with E-state index in [0.29, 0.717) is 16.4 Å². The summed E-state index contributed by atoms with van der Waals surface area (Å²) in [5, 5.41) is 22.8. The minimum Gasteiger partial charge on any atom is -0.504 e. The van der Waals surface area contributed by atoms with Gasteiger partial charge in [0.1, 0.15) is 5.52 Å². The number of hydrogen-bond donors (Lipinski definition) is 3. The molecule has 3 aromatic rings. The zero-order valence-corrected chi connectivity index (χ0v) is 13.2. The van der Waals surface area contributed by atoms with Gasteiger partial charge in [-0.1, -0.05) is 23.9 Å². The van der Waals surface area contributed by atoms with Crippen molar-refractivity contribution >= 4 is 35.0 Å². The molecule has 1 aromatic heterocycles. The lowest BCUT2D eigenvalue weighted by atomic mass is 10.2. The topological polar surface area (TPSA) is 108 Å². The van der Waals surface area contributed by atoms with Crippen LogP contribution in [-0.4, -0.2) is 33.1 Å². The quantitative estimate of drug-likeness (QED) is 0.284. The lowest BCUT2D eigenvalue weighted by Gasteiger charge is -1.99. The van der Waals surface area contributed by atoms with E-state index in [0.717, 1.165) is 5.52 Å². The molecule has 1 heterocycles. The van der Waals surface area contributed by atoms with Crippen LogP contribution in [0, 0.1) is 0 Å². The summed E-state index contributed by atoms with van der Waals surface area (Å²) < 4.78 is 5.50. The number of phenolic OH excluding ortho intramolecular Hbond substituents is 2. The number of benzene rings is 2. The average Bonchev–Trinajstić information content (AvgIpc) is 2.99. The summed E-state index contributed by atoms with van der Waals surface area (Å²) in [6.07, 6.45) is 1.36. The van der Waals surface area contributed by atoms with E-state index in [1.165, 1.54) is 30.1 Å². The second kappa shape index (κ2) is 7.05. The number of fused-ring (bicyclic) bond motifs is 1. The molecule has 0 unspecified atom stereocenters. The summed E-state index contributed by atoms with van der Waals surface area (Å²) >= 11 is 1.17. The molecule has 8 heteroatoms. The van der Waals surface area contributed by atoms with Gasteiger partial charge in [0.2, 0.25) is 0 Å². The number of aromatic nitrogens is 1. The van der Waals surface area contributed by atoms with Gasteiger partial charge in [-0.2, -0.15) is 5.10 Å². The van der Waals surface area contributed by atoms with Gasteiger partial charge in [-0.05, 0) is 35.9 Å². The lowest BCUT2D eigenvalue weighted by Crippen LogP contribution is -2.19. The molecular formula is C16H13N3O4S. The first-order valence-corrected chi connectivity index (χ1v) is 7.92. The maximum atomic E-state index is 11.7. The second-order valence-corrected chi connectivity index (χ2v) is 5.70. The minimum atomic E-state index is -0.318. The number of carbonyl (C=O) groups is 1. The standard InChI is InChI=1S/C16H13N3O4S/c20-12-6-5-10(7-13(12)21)8-17-19-15(22)9-24-16-18-11-3-1-2-4-14(11)23-16/h1-8,20-21H,9H2,(H,19,22)/b17-8-. The average molecular weight is 343 g/mol. The molecule has 3 rings (SSSR count). The Bertz CT molecular complexity index is 874. The Balaban J connectivity index is 1.51. The van der Waals surface area contributed by atoms with E-state index >= 15 is 0 Å². The number of hydrogen-bond acceptors (Lipinski definition) is 7. The molecule has 3 N–H and O–H groups in total. The summed E-state index contributed by atoms with van der Waals surface area (Å²) in [5.74, 6) is -0.686. The van der Waals surface area contributed by atoms with Gasteiger partial charge in [-0.15, -0.1) is 0 Å². The molecular weight excluding hydrogens is 330 g/mol. The first-order chi connectivity index (χ1) is 11.6. The third-order valence-corrected chi connectivity index (χ3v) is 3.83. The Labute approximate surface area is 141 Å². The van der Waals surface area contributed by atoms with Crippen LogP contribution in [0.5, 0.6) is 11.5 Å². The van der Waals surface area contributed by atoms with Crippen LogP contribution in [0.15, 0.2) is 57.2 Å². The predicted molar refractivity (Wildman–Crippen MR) is 90.2 cm³/mol. The highest BCUT2D eigenvalue weighted by Crippen LogP contribution is 2.24. The van der Waals surface area contributed by atoms with Gasteiger partial charge in [0.15, 0.2) is 17.1 Å². The van der Waals surface area contributed by atoms with Gasteiger partial charge >= 0.3 is 0 Å². The zero-order valence-electron chi connectivity index (χ0n) is 12.3. The van der Waals surface area contributed by atoms with Crippen molar-refractivity contribution in [2.45, 2.75) is 5.22 Å². The summed E-state index contributed by atoms with van der Waals surface area (Å²) in [5.41, 5.74) is 4.32. The van der Waals surface area contributed by atoms with E-state index in [2.05, 4.69) is 15.5 Å². The Morgan fingerprint density at radius 2 is 2.08 bits per heavy atom. The molecule has 0 saturated heterocycles. The first kappa shape index (κ1) is 15.9. The zero-order chi connectivity index (χ0) is 16.9. The molecule has 0 saturated carbocycles. The van der Waals surface area contributed by atoms with Gasteiger partial charge in [-0.25, -0.2) is 10.4 Å². The van der Waals surface area contributed by atoms with E-state index in [1.54, 1.807) is 6.07 Å². The highest BCUT2D eigenvalue weighted by molar-refractivity contribution is 7.99. The number of thioether (sulfide) groups is 1. The molecule has 0 spiro atoms. The van der Waals surface area contributed by atoms with Crippen molar-refractivity contribution in [2.75, 3.05) is 5.75 Å². The number of nitrogens with zero attached hydrogens (tertiary/aromatic N) is 2. The molecule has 0 aliphatic carbocycles. The van der Waals surface area contributed by atoms with Gasteiger partial charge in [0, 0.05) is 0 Å². The number of carbonyl (C=O) groups excluding carboxylic acids is 1.